The Morgan fingerprint density at radius 3 is 2.70 bits per heavy atom. The summed E-state index contributed by atoms with van der Waals surface area (Å²) in [7, 11) is 0. The van der Waals surface area contributed by atoms with E-state index in [1.54, 1.807) is 0 Å². The molecular formula is C19H30NO3+. The molecule has 0 aromatic heterocycles. The molecule has 1 aliphatic heterocycles. The Labute approximate surface area is 139 Å². The molecule has 4 nitrogen and oxygen atoms in total. The van der Waals surface area contributed by atoms with Gasteiger partial charge in [0.25, 0.3) is 0 Å². The standard InChI is InChI=1S/C19H29NO3/c1-4-22-19(21)16-8-10-20(11-9-16)12-13-23-18-7-5-6-17(14-18)15(2)3/h5-7,14-16H,4,8-13H2,1-3H3/p+1. The Hall–Kier alpha value is -1.55. The largest absolute Gasteiger partial charge is 0.488 e. The van der Waals surface area contributed by atoms with Crippen LogP contribution in [0.15, 0.2) is 24.3 Å². The lowest BCUT2D eigenvalue weighted by atomic mass is 9.97. The maximum absolute atomic E-state index is 11.7. The highest BCUT2D eigenvalue weighted by atomic mass is 16.5. The Kier molecular flexibility index (Phi) is 6.90. The van der Waals surface area contributed by atoms with Crippen molar-refractivity contribution in [3.05, 3.63) is 29.8 Å². The summed E-state index contributed by atoms with van der Waals surface area (Å²) in [6.45, 7) is 10.5. The maximum atomic E-state index is 11.7. The van der Waals surface area contributed by atoms with Gasteiger partial charge in [-0.2, -0.15) is 0 Å². The van der Waals surface area contributed by atoms with Crippen LogP contribution in [-0.2, 0) is 9.53 Å². The van der Waals surface area contributed by atoms with Gasteiger partial charge in [0.2, 0.25) is 0 Å². The smallest absolute Gasteiger partial charge is 0.309 e. The molecule has 1 saturated heterocycles. The van der Waals surface area contributed by atoms with Crippen molar-refractivity contribution in [2.75, 3.05) is 32.8 Å². The van der Waals surface area contributed by atoms with Gasteiger partial charge < -0.3 is 14.4 Å². The first-order valence-electron chi connectivity index (χ1n) is 8.83. The third-order valence-electron chi connectivity index (χ3n) is 4.56. The SMILES string of the molecule is CCOC(=O)C1CC[NH+](CCOc2cccc(C(C)C)c2)CC1. The normalized spacial score (nSPS) is 21.2. The van der Waals surface area contributed by atoms with Crippen LogP contribution in [-0.4, -0.2) is 38.8 Å². The lowest BCUT2D eigenvalue weighted by Crippen LogP contribution is -3.13. The molecule has 128 valence electrons. The summed E-state index contributed by atoms with van der Waals surface area (Å²) >= 11 is 0. The fraction of sp³-hybridized carbons (Fsp3) is 0.632. The Morgan fingerprint density at radius 1 is 1.30 bits per heavy atom. The van der Waals surface area contributed by atoms with Crippen LogP contribution >= 0.6 is 0 Å². The molecule has 0 radical (unpaired) electrons. The van der Waals surface area contributed by atoms with Crippen molar-refractivity contribution in [2.24, 2.45) is 5.92 Å². The Bertz CT molecular complexity index is 493. The lowest BCUT2D eigenvalue weighted by Gasteiger charge is -2.28. The van der Waals surface area contributed by atoms with Gasteiger partial charge in [0, 0.05) is 12.8 Å². The highest BCUT2D eigenvalue weighted by Crippen LogP contribution is 2.19. The van der Waals surface area contributed by atoms with E-state index in [4.69, 9.17) is 9.47 Å². The Balaban J connectivity index is 1.70. The summed E-state index contributed by atoms with van der Waals surface area (Å²) in [5.41, 5.74) is 1.31. The number of nitrogens with one attached hydrogen (secondary N) is 1. The second-order valence-corrected chi connectivity index (χ2v) is 6.60. The minimum absolute atomic E-state index is 0.0201. The first-order valence-corrected chi connectivity index (χ1v) is 8.83. The zero-order valence-corrected chi connectivity index (χ0v) is 14.6. The van der Waals surface area contributed by atoms with Crippen molar-refractivity contribution in [1.29, 1.82) is 0 Å². The van der Waals surface area contributed by atoms with E-state index in [1.807, 2.05) is 13.0 Å². The minimum Gasteiger partial charge on any atom is -0.488 e. The van der Waals surface area contributed by atoms with E-state index in [-0.39, 0.29) is 11.9 Å². The average Bonchev–Trinajstić information content (AvgIpc) is 2.56. The van der Waals surface area contributed by atoms with Crippen LogP contribution in [0.1, 0.15) is 45.1 Å². The monoisotopic (exact) mass is 320 g/mol. The molecule has 0 aliphatic carbocycles. The number of quaternary nitrogens is 1. The van der Waals surface area contributed by atoms with Crippen molar-refractivity contribution in [3.63, 3.8) is 0 Å². The predicted molar refractivity (Wildman–Crippen MR) is 90.9 cm³/mol. The lowest BCUT2D eigenvalue weighted by molar-refractivity contribution is -0.905. The molecule has 0 amide bonds. The van der Waals surface area contributed by atoms with E-state index < -0.39 is 0 Å². The van der Waals surface area contributed by atoms with Crippen molar-refractivity contribution >= 4 is 5.97 Å². The number of likely N-dealkylation sites (tertiary alicyclic amines) is 1. The topological polar surface area (TPSA) is 40.0 Å². The van der Waals surface area contributed by atoms with Gasteiger partial charge in [0.05, 0.1) is 25.6 Å². The number of carbonyl (C=O) groups is 1. The summed E-state index contributed by atoms with van der Waals surface area (Å²) in [5, 5.41) is 0. The number of rotatable bonds is 7. The number of piperidine rings is 1. The van der Waals surface area contributed by atoms with Gasteiger partial charge in [0.15, 0.2) is 0 Å². The van der Waals surface area contributed by atoms with E-state index in [0.29, 0.717) is 12.5 Å². The van der Waals surface area contributed by atoms with Gasteiger partial charge in [-0.1, -0.05) is 26.0 Å². The highest BCUT2D eigenvalue weighted by Gasteiger charge is 2.28. The first-order chi connectivity index (χ1) is 11.1. The number of hydrogen-bond donors (Lipinski definition) is 1. The van der Waals surface area contributed by atoms with E-state index >= 15 is 0 Å². The molecule has 1 aliphatic rings. The number of esters is 1. The summed E-state index contributed by atoms with van der Waals surface area (Å²) in [6, 6.07) is 8.35. The molecule has 0 spiro atoms. The molecule has 1 aromatic carbocycles. The molecule has 0 bridgehead atoms. The van der Waals surface area contributed by atoms with Crippen molar-refractivity contribution < 1.29 is 19.2 Å². The van der Waals surface area contributed by atoms with Crippen LogP contribution < -0.4 is 9.64 Å². The van der Waals surface area contributed by atoms with E-state index in [1.165, 1.54) is 10.5 Å². The van der Waals surface area contributed by atoms with Crippen molar-refractivity contribution in [3.8, 4) is 5.75 Å². The zero-order valence-electron chi connectivity index (χ0n) is 14.6. The second-order valence-electron chi connectivity index (χ2n) is 6.60. The third kappa shape index (κ3) is 5.54. The van der Waals surface area contributed by atoms with Crippen LogP contribution in [0, 0.1) is 5.92 Å². The van der Waals surface area contributed by atoms with E-state index in [9.17, 15) is 4.79 Å². The zero-order chi connectivity index (χ0) is 16.7. The number of ether oxygens (including phenoxy) is 2. The molecular weight excluding hydrogens is 290 g/mol. The quantitative estimate of drug-likeness (QED) is 0.782. The molecule has 0 unspecified atom stereocenters. The van der Waals surface area contributed by atoms with Crippen molar-refractivity contribution in [1.82, 2.24) is 0 Å². The van der Waals surface area contributed by atoms with Gasteiger partial charge in [-0.25, -0.2) is 0 Å². The predicted octanol–water partition coefficient (Wildman–Crippen LogP) is 2.05. The fourth-order valence-electron chi connectivity index (χ4n) is 3.05. The van der Waals surface area contributed by atoms with E-state index in [0.717, 1.165) is 44.8 Å². The highest BCUT2D eigenvalue weighted by molar-refractivity contribution is 5.72. The summed E-state index contributed by atoms with van der Waals surface area (Å²) < 4.78 is 11.0. The van der Waals surface area contributed by atoms with Crippen LogP contribution in [0.3, 0.4) is 0 Å². The maximum Gasteiger partial charge on any atom is 0.309 e. The third-order valence-corrected chi connectivity index (χ3v) is 4.56. The molecule has 0 saturated carbocycles. The van der Waals surface area contributed by atoms with E-state index in [2.05, 4.69) is 32.0 Å². The number of benzene rings is 1. The van der Waals surface area contributed by atoms with Gasteiger partial charge in [-0.15, -0.1) is 0 Å². The molecule has 4 heteroatoms. The van der Waals surface area contributed by atoms with Gasteiger partial charge in [0.1, 0.15) is 18.9 Å². The molecule has 23 heavy (non-hydrogen) atoms. The minimum atomic E-state index is -0.0201. The summed E-state index contributed by atoms with van der Waals surface area (Å²) in [5.74, 6) is 1.55. The fourth-order valence-corrected chi connectivity index (χ4v) is 3.05. The first kappa shape index (κ1) is 17.8. The molecule has 1 fully saturated rings. The summed E-state index contributed by atoms with van der Waals surface area (Å²) in [4.78, 5) is 13.3. The number of hydrogen-bond acceptors (Lipinski definition) is 3. The summed E-state index contributed by atoms with van der Waals surface area (Å²) in [6.07, 6.45) is 1.86. The van der Waals surface area contributed by atoms with Gasteiger partial charge >= 0.3 is 5.97 Å². The van der Waals surface area contributed by atoms with Crippen LogP contribution in [0.25, 0.3) is 0 Å². The van der Waals surface area contributed by atoms with Gasteiger partial charge in [-0.3, -0.25) is 4.79 Å². The molecule has 2 rings (SSSR count). The molecule has 1 N–H and O–H groups in total. The van der Waals surface area contributed by atoms with Crippen LogP contribution in [0.5, 0.6) is 5.75 Å². The number of carbonyl (C=O) groups excluding carboxylic acids is 1. The van der Waals surface area contributed by atoms with Crippen molar-refractivity contribution in [2.45, 2.75) is 39.5 Å². The van der Waals surface area contributed by atoms with Crippen LogP contribution in [0.2, 0.25) is 0 Å². The van der Waals surface area contributed by atoms with Crippen LogP contribution in [0.4, 0.5) is 0 Å². The molecule has 1 aromatic rings. The Morgan fingerprint density at radius 2 is 2.04 bits per heavy atom. The average molecular weight is 320 g/mol. The van der Waals surface area contributed by atoms with Gasteiger partial charge in [-0.05, 0) is 30.5 Å². The molecule has 1 heterocycles. The second kappa shape index (κ2) is 8.92. The molecule has 0 atom stereocenters.